The van der Waals surface area contributed by atoms with E-state index in [9.17, 15) is 14.4 Å². The molecule has 0 bridgehead atoms. The summed E-state index contributed by atoms with van der Waals surface area (Å²) in [5, 5.41) is 0. The van der Waals surface area contributed by atoms with Gasteiger partial charge in [0, 0.05) is 19.3 Å². The van der Waals surface area contributed by atoms with Gasteiger partial charge in [-0.3, -0.25) is 14.4 Å². The third kappa shape index (κ3) is 53.4. The molecule has 0 amide bonds. The number of carbonyl (C=O) groups is 3. The Morgan fingerprint density at radius 3 is 0.742 bits per heavy atom. The van der Waals surface area contributed by atoms with Gasteiger partial charge in [-0.2, -0.15) is 0 Å². The maximum absolute atomic E-state index is 12.9. The van der Waals surface area contributed by atoms with Crippen LogP contribution < -0.4 is 0 Å². The first-order chi connectivity index (χ1) is 32.4. The molecule has 0 unspecified atom stereocenters. The van der Waals surface area contributed by atoms with Gasteiger partial charge in [-0.1, -0.05) is 304 Å². The highest BCUT2D eigenvalue weighted by Crippen LogP contribution is 2.18. The Balaban J connectivity index is 4.28. The molecule has 0 saturated heterocycles. The number of ether oxygens (including phenoxy) is 3. The molecule has 0 rings (SSSR count). The largest absolute Gasteiger partial charge is 0.462 e. The SMILES string of the molecule is CCCCCCCCCCCCCCCCCCCCC(=O)OC[C@@H](COC(=O)CCCCCCCCCCCCCCCC)OC(=O)CCCCCCCCCCCCCCCC(C)C. The number of hydrogen-bond donors (Lipinski definition) is 0. The van der Waals surface area contributed by atoms with Crippen LogP contribution in [-0.4, -0.2) is 37.2 Å². The fourth-order valence-electron chi connectivity index (χ4n) is 9.28. The standard InChI is InChI=1S/C60H116O6/c1-5-7-9-11-13-15-17-19-21-22-23-24-28-32-36-40-44-48-52-59(62)65-55-57(54-64-58(61)51-47-43-39-35-31-27-20-18-16-14-12-10-8-6-2)66-60(63)53-49-45-41-37-33-29-25-26-30-34-38-42-46-50-56(3)4/h56-57H,5-55H2,1-4H3/t57-/m1/s1. The minimum absolute atomic E-state index is 0.0616. The van der Waals surface area contributed by atoms with Crippen molar-refractivity contribution in [1.29, 1.82) is 0 Å². The van der Waals surface area contributed by atoms with Gasteiger partial charge in [0.05, 0.1) is 0 Å². The minimum atomic E-state index is -0.762. The van der Waals surface area contributed by atoms with Gasteiger partial charge in [-0.15, -0.1) is 0 Å². The predicted octanol–water partition coefficient (Wildman–Crippen LogP) is 19.8. The van der Waals surface area contributed by atoms with Crippen LogP contribution in [0, 0.1) is 5.92 Å². The van der Waals surface area contributed by atoms with Crippen LogP contribution in [0.2, 0.25) is 0 Å². The molecule has 1 atom stereocenters. The van der Waals surface area contributed by atoms with Crippen LogP contribution in [0.1, 0.15) is 342 Å². The van der Waals surface area contributed by atoms with Crippen LogP contribution in [-0.2, 0) is 28.6 Å². The summed E-state index contributed by atoms with van der Waals surface area (Å²) in [5.74, 6) is 0.00549. The smallest absolute Gasteiger partial charge is 0.306 e. The first-order valence-corrected chi connectivity index (χ1v) is 29.9. The molecule has 0 fully saturated rings. The Hall–Kier alpha value is -1.59. The summed E-state index contributed by atoms with van der Waals surface area (Å²) < 4.78 is 16.9. The Morgan fingerprint density at radius 2 is 0.500 bits per heavy atom. The van der Waals surface area contributed by atoms with E-state index in [0.717, 1.165) is 63.7 Å². The summed E-state index contributed by atoms with van der Waals surface area (Å²) >= 11 is 0. The average molecular weight is 934 g/mol. The van der Waals surface area contributed by atoms with Crippen molar-refractivity contribution in [3.8, 4) is 0 Å². The average Bonchev–Trinajstić information content (AvgIpc) is 3.30. The van der Waals surface area contributed by atoms with Crippen molar-refractivity contribution >= 4 is 17.9 Å². The molecule has 0 aromatic carbocycles. The quantitative estimate of drug-likeness (QED) is 0.0343. The highest BCUT2D eigenvalue weighted by atomic mass is 16.6. The molecule has 0 spiro atoms. The van der Waals surface area contributed by atoms with Crippen LogP contribution in [0.3, 0.4) is 0 Å². The fraction of sp³-hybridized carbons (Fsp3) is 0.950. The molecule has 66 heavy (non-hydrogen) atoms. The third-order valence-corrected chi connectivity index (χ3v) is 13.8. The second-order valence-corrected chi connectivity index (χ2v) is 21.1. The van der Waals surface area contributed by atoms with E-state index in [0.29, 0.717) is 19.3 Å². The lowest BCUT2D eigenvalue weighted by molar-refractivity contribution is -0.167. The van der Waals surface area contributed by atoms with Crippen molar-refractivity contribution < 1.29 is 28.6 Å². The molecule has 0 aromatic heterocycles. The highest BCUT2D eigenvalue weighted by Gasteiger charge is 2.19. The molecule has 0 saturated carbocycles. The Bertz CT molecular complexity index is 996. The normalized spacial score (nSPS) is 12.0. The highest BCUT2D eigenvalue weighted by molar-refractivity contribution is 5.71. The Labute approximate surface area is 412 Å². The summed E-state index contributed by atoms with van der Waals surface area (Å²) in [5.41, 5.74) is 0. The second kappa shape index (κ2) is 54.4. The molecule has 0 radical (unpaired) electrons. The van der Waals surface area contributed by atoms with Crippen molar-refractivity contribution in [3.05, 3.63) is 0 Å². The molecule has 0 aliphatic heterocycles. The lowest BCUT2D eigenvalue weighted by atomic mass is 10.0. The van der Waals surface area contributed by atoms with Crippen molar-refractivity contribution in [2.45, 2.75) is 348 Å². The van der Waals surface area contributed by atoms with E-state index in [4.69, 9.17) is 14.2 Å². The van der Waals surface area contributed by atoms with Crippen molar-refractivity contribution in [2.75, 3.05) is 13.2 Å². The van der Waals surface area contributed by atoms with Gasteiger partial charge in [0.15, 0.2) is 6.10 Å². The van der Waals surface area contributed by atoms with Crippen molar-refractivity contribution in [2.24, 2.45) is 5.92 Å². The first-order valence-electron chi connectivity index (χ1n) is 29.9. The van der Waals surface area contributed by atoms with E-state index in [1.54, 1.807) is 0 Å². The van der Waals surface area contributed by atoms with Crippen LogP contribution in [0.25, 0.3) is 0 Å². The molecule has 6 heteroatoms. The molecule has 0 aliphatic carbocycles. The van der Waals surface area contributed by atoms with Gasteiger partial charge >= 0.3 is 17.9 Å². The number of carbonyl (C=O) groups excluding carboxylic acids is 3. The molecule has 0 aliphatic rings. The van der Waals surface area contributed by atoms with Gasteiger partial charge in [0.1, 0.15) is 13.2 Å². The summed E-state index contributed by atoms with van der Waals surface area (Å²) in [6, 6.07) is 0. The van der Waals surface area contributed by atoms with Gasteiger partial charge in [-0.05, 0) is 25.2 Å². The van der Waals surface area contributed by atoms with E-state index < -0.39 is 6.10 Å². The molecule has 0 aromatic rings. The molecular formula is C60H116O6. The monoisotopic (exact) mass is 933 g/mol. The van der Waals surface area contributed by atoms with E-state index in [1.807, 2.05) is 0 Å². The van der Waals surface area contributed by atoms with E-state index in [1.165, 1.54) is 238 Å². The molecule has 0 heterocycles. The number of hydrogen-bond acceptors (Lipinski definition) is 6. The maximum Gasteiger partial charge on any atom is 0.306 e. The number of rotatable bonds is 55. The minimum Gasteiger partial charge on any atom is -0.462 e. The lowest BCUT2D eigenvalue weighted by Crippen LogP contribution is -2.30. The number of esters is 3. The lowest BCUT2D eigenvalue weighted by Gasteiger charge is -2.18. The predicted molar refractivity (Wildman–Crippen MR) is 284 cm³/mol. The molecule has 6 nitrogen and oxygen atoms in total. The van der Waals surface area contributed by atoms with Gasteiger partial charge in [0.25, 0.3) is 0 Å². The zero-order valence-corrected chi connectivity index (χ0v) is 45.2. The fourth-order valence-corrected chi connectivity index (χ4v) is 9.28. The summed E-state index contributed by atoms with van der Waals surface area (Å²) in [4.78, 5) is 38.2. The summed E-state index contributed by atoms with van der Waals surface area (Å²) in [7, 11) is 0. The van der Waals surface area contributed by atoms with Gasteiger partial charge in [-0.25, -0.2) is 0 Å². The van der Waals surface area contributed by atoms with Gasteiger partial charge in [0.2, 0.25) is 0 Å². The van der Waals surface area contributed by atoms with E-state index in [-0.39, 0.29) is 31.1 Å². The molecular weight excluding hydrogens is 817 g/mol. The summed E-state index contributed by atoms with van der Waals surface area (Å²) in [6.45, 7) is 9.07. The van der Waals surface area contributed by atoms with E-state index >= 15 is 0 Å². The van der Waals surface area contributed by atoms with Crippen LogP contribution in [0.4, 0.5) is 0 Å². The van der Waals surface area contributed by atoms with Crippen molar-refractivity contribution in [3.63, 3.8) is 0 Å². The Kier molecular flexibility index (Phi) is 53.0. The summed E-state index contributed by atoms with van der Waals surface area (Å²) in [6.07, 6.45) is 59.5. The zero-order valence-electron chi connectivity index (χ0n) is 45.2. The number of unbranched alkanes of at least 4 members (excludes halogenated alkanes) is 42. The maximum atomic E-state index is 12.9. The van der Waals surface area contributed by atoms with Crippen LogP contribution >= 0.6 is 0 Å². The molecule has 392 valence electrons. The van der Waals surface area contributed by atoms with Crippen molar-refractivity contribution in [1.82, 2.24) is 0 Å². The first kappa shape index (κ1) is 64.4. The zero-order chi connectivity index (χ0) is 48.1. The second-order valence-electron chi connectivity index (χ2n) is 21.1. The third-order valence-electron chi connectivity index (χ3n) is 13.8. The topological polar surface area (TPSA) is 78.9 Å². The Morgan fingerprint density at radius 1 is 0.288 bits per heavy atom. The van der Waals surface area contributed by atoms with Crippen LogP contribution in [0.5, 0.6) is 0 Å². The van der Waals surface area contributed by atoms with Gasteiger partial charge < -0.3 is 14.2 Å². The van der Waals surface area contributed by atoms with E-state index in [2.05, 4.69) is 27.7 Å². The van der Waals surface area contributed by atoms with Crippen LogP contribution in [0.15, 0.2) is 0 Å². The molecule has 0 N–H and O–H groups in total.